The summed E-state index contributed by atoms with van der Waals surface area (Å²) in [6, 6.07) is 7.69. The molecule has 1 amide bonds. The first-order valence-corrected chi connectivity index (χ1v) is 7.92. The molecule has 22 heavy (non-hydrogen) atoms. The maximum absolute atomic E-state index is 12.7. The van der Waals surface area contributed by atoms with Gasteiger partial charge in [0.1, 0.15) is 5.75 Å². The molecule has 0 bridgehead atoms. The average molecular weight is 301 g/mol. The number of carbonyl (C=O) groups excluding carboxylic acids is 1. The topological polar surface area (TPSA) is 58.6 Å². The molecule has 2 N–H and O–H groups in total. The summed E-state index contributed by atoms with van der Waals surface area (Å²) >= 11 is 0. The van der Waals surface area contributed by atoms with Gasteiger partial charge in [-0.25, -0.2) is 0 Å². The highest BCUT2D eigenvalue weighted by atomic mass is 16.5. The number of aliphatic hydroxyl groups is 1. The van der Waals surface area contributed by atoms with Crippen LogP contribution in [-0.2, 0) is 10.2 Å². The lowest BCUT2D eigenvalue weighted by molar-refractivity contribution is -0.124. The molecule has 4 nitrogen and oxygen atoms in total. The van der Waals surface area contributed by atoms with Crippen molar-refractivity contribution in [3.05, 3.63) is 42.0 Å². The van der Waals surface area contributed by atoms with E-state index in [1.807, 2.05) is 36.4 Å². The Hall–Kier alpha value is -1.81. The molecule has 4 heteroatoms. The standard InChI is InChI=1S/C18H23NO3/c1-22-15-8-4-3-7-14(15)18(11-12-18)16(20)19-13-17(21)9-5-2-6-10-17/h3-5,7-9,21H,2,6,10-13H2,1H3,(H,19,20). The van der Waals surface area contributed by atoms with E-state index in [4.69, 9.17) is 4.74 Å². The number of ether oxygens (including phenoxy) is 1. The Morgan fingerprint density at radius 3 is 2.73 bits per heavy atom. The molecule has 1 fully saturated rings. The van der Waals surface area contributed by atoms with Gasteiger partial charge in [0, 0.05) is 12.1 Å². The Labute approximate surface area is 131 Å². The van der Waals surface area contributed by atoms with Crippen LogP contribution in [0.2, 0.25) is 0 Å². The summed E-state index contributed by atoms with van der Waals surface area (Å²) in [5.41, 5.74) is -0.437. The van der Waals surface area contributed by atoms with Crippen LogP contribution in [0.5, 0.6) is 5.75 Å². The minimum atomic E-state index is -0.898. The quantitative estimate of drug-likeness (QED) is 0.821. The van der Waals surface area contributed by atoms with Gasteiger partial charge in [-0.1, -0.05) is 30.4 Å². The van der Waals surface area contributed by atoms with Crippen LogP contribution >= 0.6 is 0 Å². The minimum absolute atomic E-state index is 0.00982. The number of amides is 1. The van der Waals surface area contributed by atoms with Crippen molar-refractivity contribution in [3.8, 4) is 5.75 Å². The molecule has 1 aromatic rings. The van der Waals surface area contributed by atoms with Gasteiger partial charge in [0.2, 0.25) is 5.91 Å². The number of allylic oxidation sites excluding steroid dienone is 1. The minimum Gasteiger partial charge on any atom is -0.496 e. The van der Waals surface area contributed by atoms with E-state index in [1.165, 1.54) is 0 Å². The van der Waals surface area contributed by atoms with Gasteiger partial charge in [0.05, 0.1) is 18.1 Å². The summed E-state index contributed by atoms with van der Waals surface area (Å²) in [6.07, 6.45) is 8.12. The van der Waals surface area contributed by atoms with E-state index in [0.29, 0.717) is 6.42 Å². The van der Waals surface area contributed by atoms with E-state index in [9.17, 15) is 9.90 Å². The van der Waals surface area contributed by atoms with E-state index in [0.717, 1.165) is 37.0 Å². The Bertz CT molecular complexity index is 592. The molecular weight excluding hydrogens is 278 g/mol. The Kier molecular flexibility index (Phi) is 3.96. The van der Waals surface area contributed by atoms with Crippen molar-refractivity contribution in [2.75, 3.05) is 13.7 Å². The van der Waals surface area contributed by atoms with Gasteiger partial charge < -0.3 is 15.2 Å². The van der Waals surface area contributed by atoms with Crippen molar-refractivity contribution < 1.29 is 14.6 Å². The van der Waals surface area contributed by atoms with Crippen molar-refractivity contribution in [1.29, 1.82) is 0 Å². The first-order valence-electron chi connectivity index (χ1n) is 7.92. The second kappa shape index (κ2) is 5.76. The van der Waals surface area contributed by atoms with E-state index >= 15 is 0 Å². The lowest BCUT2D eigenvalue weighted by Gasteiger charge is -2.29. The number of carbonyl (C=O) groups is 1. The third-order valence-corrected chi connectivity index (χ3v) is 4.77. The Morgan fingerprint density at radius 2 is 2.09 bits per heavy atom. The average Bonchev–Trinajstić information content (AvgIpc) is 3.35. The smallest absolute Gasteiger partial charge is 0.230 e. The summed E-state index contributed by atoms with van der Waals surface area (Å²) in [4.78, 5) is 12.7. The molecule has 1 aromatic carbocycles. The molecule has 2 aliphatic rings. The van der Waals surface area contributed by atoms with E-state index < -0.39 is 11.0 Å². The maximum Gasteiger partial charge on any atom is 0.230 e. The van der Waals surface area contributed by atoms with E-state index in [2.05, 4.69) is 5.32 Å². The molecule has 0 heterocycles. The summed E-state index contributed by atoms with van der Waals surface area (Å²) < 4.78 is 5.40. The van der Waals surface area contributed by atoms with Crippen LogP contribution in [0, 0.1) is 0 Å². The molecule has 0 radical (unpaired) electrons. The normalized spacial score (nSPS) is 25.5. The molecule has 0 spiro atoms. The molecule has 0 aromatic heterocycles. The summed E-state index contributed by atoms with van der Waals surface area (Å²) in [7, 11) is 1.63. The van der Waals surface area contributed by atoms with Crippen molar-refractivity contribution >= 4 is 5.91 Å². The first-order chi connectivity index (χ1) is 10.6. The van der Waals surface area contributed by atoms with Crippen molar-refractivity contribution in [1.82, 2.24) is 5.32 Å². The van der Waals surface area contributed by atoms with Gasteiger partial charge in [-0.3, -0.25) is 4.79 Å². The van der Waals surface area contributed by atoms with Crippen LogP contribution in [0.15, 0.2) is 36.4 Å². The number of para-hydroxylation sites is 1. The van der Waals surface area contributed by atoms with Gasteiger partial charge in [-0.2, -0.15) is 0 Å². The van der Waals surface area contributed by atoms with Crippen LogP contribution in [0.3, 0.4) is 0 Å². The zero-order valence-electron chi connectivity index (χ0n) is 13.0. The van der Waals surface area contributed by atoms with Gasteiger partial charge in [-0.15, -0.1) is 0 Å². The fourth-order valence-corrected chi connectivity index (χ4v) is 3.25. The lowest BCUT2D eigenvalue weighted by Crippen LogP contribution is -2.45. The highest BCUT2D eigenvalue weighted by molar-refractivity contribution is 5.92. The summed E-state index contributed by atoms with van der Waals surface area (Å²) in [5, 5.41) is 13.4. The summed E-state index contributed by atoms with van der Waals surface area (Å²) in [5.74, 6) is 0.746. The van der Waals surface area contributed by atoms with Crippen LogP contribution in [0.1, 0.15) is 37.7 Å². The highest BCUT2D eigenvalue weighted by Gasteiger charge is 2.53. The molecule has 0 saturated heterocycles. The van der Waals surface area contributed by atoms with Gasteiger partial charge in [0.25, 0.3) is 0 Å². The number of rotatable bonds is 5. The number of hydrogen-bond acceptors (Lipinski definition) is 3. The van der Waals surface area contributed by atoms with Gasteiger partial charge in [0.15, 0.2) is 0 Å². The van der Waals surface area contributed by atoms with Crippen LogP contribution in [0.4, 0.5) is 0 Å². The van der Waals surface area contributed by atoms with Crippen LogP contribution in [0.25, 0.3) is 0 Å². The predicted molar refractivity (Wildman–Crippen MR) is 84.9 cm³/mol. The number of methoxy groups -OCH3 is 1. The number of hydrogen-bond donors (Lipinski definition) is 2. The van der Waals surface area contributed by atoms with Gasteiger partial charge >= 0.3 is 0 Å². The number of nitrogens with one attached hydrogen (secondary N) is 1. The third-order valence-electron chi connectivity index (χ3n) is 4.77. The van der Waals surface area contributed by atoms with Crippen molar-refractivity contribution in [2.24, 2.45) is 0 Å². The predicted octanol–water partition coefficient (Wildman–Crippen LogP) is 2.31. The zero-order chi connectivity index (χ0) is 15.6. The molecule has 0 aliphatic heterocycles. The van der Waals surface area contributed by atoms with Crippen LogP contribution < -0.4 is 10.1 Å². The van der Waals surface area contributed by atoms with E-state index in [1.54, 1.807) is 7.11 Å². The monoisotopic (exact) mass is 301 g/mol. The SMILES string of the molecule is COc1ccccc1C1(C(=O)NCC2(O)C=CCCC2)CC1. The second-order valence-corrected chi connectivity index (χ2v) is 6.36. The number of benzene rings is 1. The molecule has 118 valence electrons. The van der Waals surface area contributed by atoms with Crippen molar-refractivity contribution in [3.63, 3.8) is 0 Å². The molecular formula is C18H23NO3. The molecule has 3 rings (SSSR count). The van der Waals surface area contributed by atoms with Crippen molar-refractivity contribution in [2.45, 2.75) is 43.1 Å². The molecule has 1 unspecified atom stereocenters. The Morgan fingerprint density at radius 1 is 1.32 bits per heavy atom. The fraction of sp³-hybridized carbons (Fsp3) is 0.500. The maximum atomic E-state index is 12.7. The second-order valence-electron chi connectivity index (χ2n) is 6.36. The first kappa shape index (κ1) is 15.1. The molecule has 1 atom stereocenters. The summed E-state index contributed by atoms with van der Waals surface area (Å²) in [6.45, 7) is 0.277. The third kappa shape index (κ3) is 2.75. The largest absolute Gasteiger partial charge is 0.496 e. The zero-order valence-corrected chi connectivity index (χ0v) is 13.0. The van der Waals surface area contributed by atoms with E-state index in [-0.39, 0.29) is 12.5 Å². The Balaban J connectivity index is 1.72. The molecule has 1 saturated carbocycles. The lowest BCUT2D eigenvalue weighted by atomic mass is 9.90. The highest BCUT2D eigenvalue weighted by Crippen LogP contribution is 2.51. The molecule has 2 aliphatic carbocycles. The van der Waals surface area contributed by atoms with Gasteiger partial charge in [-0.05, 0) is 38.2 Å². The van der Waals surface area contributed by atoms with Crippen LogP contribution in [-0.4, -0.2) is 30.3 Å². The fourth-order valence-electron chi connectivity index (χ4n) is 3.25.